The van der Waals surface area contributed by atoms with E-state index in [0.29, 0.717) is 51.3 Å². The minimum atomic E-state index is -0.250. The SMILES string of the molecule is O=C(c1ccc(-n2cccn2)cc1)N1CCCCN(C(=O)c2cocn2)CCn2ccnc2-c2cccc(c2)OCCC1.O=CO. The molecule has 3 aromatic heterocycles. The van der Waals surface area contributed by atoms with Crippen LogP contribution in [0.25, 0.3) is 17.1 Å². The summed E-state index contributed by atoms with van der Waals surface area (Å²) < 4.78 is 15.0. The Bertz CT molecular complexity index is 1680. The largest absolute Gasteiger partial charge is 0.494 e. The van der Waals surface area contributed by atoms with Gasteiger partial charge in [0.25, 0.3) is 18.3 Å². The minimum Gasteiger partial charge on any atom is -0.494 e. The van der Waals surface area contributed by atoms with E-state index in [1.165, 1.54) is 12.7 Å². The van der Waals surface area contributed by atoms with Gasteiger partial charge in [0.05, 0.1) is 12.3 Å². The number of benzene rings is 2. The van der Waals surface area contributed by atoms with Gasteiger partial charge >= 0.3 is 0 Å². The molecule has 238 valence electrons. The summed E-state index contributed by atoms with van der Waals surface area (Å²) in [6.45, 7) is 2.88. The van der Waals surface area contributed by atoms with Crippen LogP contribution in [0.3, 0.4) is 0 Å². The number of carbonyl (C=O) groups is 3. The zero-order chi connectivity index (χ0) is 32.1. The lowest BCUT2D eigenvalue weighted by atomic mass is 10.1. The maximum atomic E-state index is 13.6. The zero-order valence-electron chi connectivity index (χ0n) is 25.2. The van der Waals surface area contributed by atoms with Crippen molar-refractivity contribution in [1.82, 2.24) is 34.1 Å². The maximum absolute atomic E-state index is 13.6. The third kappa shape index (κ3) is 8.05. The van der Waals surface area contributed by atoms with Gasteiger partial charge in [-0.25, -0.2) is 14.6 Å². The second-order valence-corrected chi connectivity index (χ2v) is 10.4. The smallest absolute Gasteiger partial charge is 0.290 e. The molecule has 46 heavy (non-hydrogen) atoms. The van der Waals surface area contributed by atoms with Gasteiger partial charge in [-0.1, -0.05) is 12.1 Å². The van der Waals surface area contributed by atoms with Crippen molar-refractivity contribution in [3.05, 3.63) is 103 Å². The summed E-state index contributed by atoms with van der Waals surface area (Å²) in [7, 11) is 0. The molecule has 0 unspecified atom stereocenters. The summed E-state index contributed by atoms with van der Waals surface area (Å²) in [5, 5.41) is 11.1. The predicted molar refractivity (Wildman–Crippen MR) is 168 cm³/mol. The quantitative estimate of drug-likeness (QED) is 0.290. The normalized spacial score (nSPS) is 14.2. The van der Waals surface area contributed by atoms with Gasteiger partial charge in [-0.15, -0.1) is 0 Å². The van der Waals surface area contributed by atoms with E-state index >= 15 is 0 Å². The summed E-state index contributed by atoms with van der Waals surface area (Å²) >= 11 is 0. The standard InChI is InChI=1S/C32H33N7O4.CH2O2/c40-31(25-8-10-27(11-9-25)39-17-4-12-35-39)37-14-1-2-15-38(32(41)29-23-42-24-34-29)20-19-36-18-13-33-30(36)26-6-3-7-28(22-26)43-21-5-16-37;2-1-3/h3-4,6-13,17-18,22-24H,1-2,5,14-16,19-21H2;1H,(H,2,3). The van der Waals surface area contributed by atoms with Crippen molar-refractivity contribution in [3.8, 4) is 22.8 Å². The monoisotopic (exact) mass is 625 g/mol. The fourth-order valence-electron chi connectivity index (χ4n) is 5.22. The first-order valence-electron chi connectivity index (χ1n) is 15.0. The molecule has 4 heterocycles. The molecule has 6 rings (SSSR count). The summed E-state index contributed by atoms with van der Waals surface area (Å²) in [4.78, 5) is 47.6. The van der Waals surface area contributed by atoms with E-state index < -0.39 is 0 Å². The number of rotatable bonds is 3. The number of imidazole rings is 1. The number of ether oxygens (including phenoxy) is 1. The van der Waals surface area contributed by atoms with Crippen LogP contribution < -0.4 is 4.74 Å². The van der Waals surface area contributed by atoms with Crippen LogP contribution in [-0.4, -0.2) is 90.3 Å². The van der Waals surface area contributed by atoms with Crippen molar-refractivity contribution >= 4 is 18.3 Å². The first kappa shape index (κ1) is 31.7. The van der Waals surface area contributed by atoms with Gasteiger partial charge in [-0.2, -0.15) is 5.10 Å². The lowest BCUT2D eigenvalue weighted by Crippen LogP contribution is -2.36. The van der Waals surface area contributed by atoms with E-state index in [4.69, 9.17) is 19.1 Å². The third-order valence-corrected chi connectivity index (χ3v) is 7.47. The molecule has 13 heteroatoms. The Morgan fingerprint density at radius 1 is 0.826 bits per heavy atom. The van der Waals surface area contributed by atoms with Crippen LogP contribution >= 0.6 is 0 Å². The maximum Gasteiger partial charge on any atom is 0.290 e. The number of hydrogen-bond acceptors (Lipinski definition) is 8. The second kappa shape index (κ2) is 15.8. The van der Waals surface area contributed by atoms with Crippen LogP contribution in [0.2, 0.25) is 0 Å². The predicted octanol–water partition coefficient (Wildman–Crippen LogP) is 4.27. The molecule has 0 atom stereocenters. The summed E-state index contributed by atoms with van der Waals surface area (Å²) in [6, 6.07) is 17.2. The van der Waals surface area contributed by atoms with Crippen LogP contribution in [0.15, 0.2) is 96.5 Å². The molecule has 0 spiro atoms. The Kier molecular flexibility index (Phi) is 10.9. The summed E-state index contributed by atoms with van der Waals surface area (Å²) in [5.74, 6) is 1.33. The highest BCUT2D eigenvalue weighted by molar-refractivity contribution is 5.94. The fraction of sp³-hybridized carbons (Fsp3) is 0.273. The molecule has 1 aliphatic heterocycles. The summed E-state index contributed by atoms with van der Waals surface area (Å²) in [5.41, 5.74) is 2.71. The van der Waals surface area contributed by atoms with Gasteiger partial charge in [0, 0.05) is 68.6 Å². The molecule has 0 fully saturated rings. The average molecular weight is 626 g/mol. The number of aromatic nitrogens is 5. The molecule has 1 aliphatic rings. The van der Waals surface area contributed by atoms with Crippen molar-refractivity contribution in [2.75, 3.05) is 32.8 Å². The van der Waals surface area contributed by atoms with Crippen LogP contribution in [0.5, 0.6) is 5.75 Å². The molecule has 0 radical (unpaired) electrons. The Balaban J connectivity index is 0.00000134. The Labute approximate surface area is 265 Å². The molecule has 1 N–H and O–H groups in total. The average Bonchev–Trinajstić information content (AvgIpc) is 3.89. The number of nitrogens with zero attached hydrogens (tertiary/aromatic N) is 7. The highest BCUT2D eigenvalue weighted by Crippen LogP contribution is 2.23. The van der Waals surface area contributed by atoms with E-state index in [1.807, 2.05) is 76.5 Å². The van der Waals surface area contributed by atoms with Crippen molar-refractivity contribution in [2.45, 2.75) is 25.8 Å². The zero-order valence-corrected chi connectivity index (χ0v) is 25.2. The van der Waals surface area contributed by atoms with E-state index in [9.17, 15) is 9.59 Å². The molecule has 0 saturated heterocycles. The third-order valence-electron chi connectivity index (χ3n) is 7.47. The van der Waals surface area contributed by atoms with Crippen molar-refractivity contribution in [1.29, 1.82) is 0 Å². The number of hydrogen-bond donors (Lipinski definition) is 1. The van der Waals surface area contributed by atoms with Gasteiger partial charge in [0.1, 0.15) is 17.8 Å². The first-order valence-corrected chi connectivity index (χ1v) is 15.0. The van der Waals surface area contributed by atoms with Gasteiger partial charge in [-0.05, 0) is 61.7 Å². The van der Waals surface area contributed by atoms with Crippen LogP contribution in [-0.2, 0) is 11.3 Å². The van der Waals surface area contributed by atoms with Crippen molar-refractivity contribution in [2.24, 2.45) is 0 Å². The van der Waals surface area contributed by atoms with E-state index in [0.717, 1.165) is 35.7 Å². The molecule has 2 bridgehead atoms. The van der Waals surface area contributed by atoms with Crippen LogP contribution in [0.4, 0.5) is 0 Å². The molecular formula is C33H35N7O6. The lowest BCUT2D eigenvalue weighted by molar-refractivity contribution is -0.122. The molecule has 5 aromatic rings. The van der Waals surface area contributed by atoms with Gasteiger partial charge < -0.3 is 28.6 Å². The van der Waals surface area contributed by atoms with Crippen LogP contribution in [0.1, 0.15) is 40.1 Å². The minimum absolute atomic E-state index is 0.0344. The number of carboxylic acid groups (broad SMARTS) is 1. The summed E-state index contributed by atoms with van der Waals surface area (Å²) in [6.07, 6.45) is 12.0. The topological polar surface area (TPSA) is 149 Å². The number of fused-ring (bicyclic) bond motifs is 4. The molecule has 13 nitrogen and oxygen atoms in total. The molecule has 0 saturated carbocycles. The van der Waals surface area contributed by atoms with Crippen molar-refractivity contribution < 1.29 is 28.6 Å². The lowest BCUT2D eigenvalue weighted by Gasteiger charge is -2.25. The Morgan fingerprint density at radius 2 is 1.59 bits per heavy atom. The van der Waals surface area contributed by atoms with Crippen LogP contribution in [0, 0.1) is 0 Å². The molecule has 0 aliphatic carbocycles. The van der Waals surface area contributed by atoms with E-state index in [-0.39, 0.29) is 24.0 Å². The highest BCUT2D eigenvalue weighted by Gasteiger charge is 2.20. The van der Waals surface area contributed by atoms with E-state index in [2.05, 4.69) is 15.1 Å². The van der Waals surface area contributed by atoms with E-state index in [1.54, 1.807) is 22.0 Å². The molecule has 2 aromatic carbocycles. The highest BCUT2D eigenvalue weighted by atomic mass is 16.5. The van der Waals surface area contributed by atoms with Gasteiger partial charge in [-0.3, -0.25) is 14.4 Å². The van der Waals surface area contributed by atoms with Gasteiger partial charge in [0.2, 0.25) is 0 Å². The Morgan fingerprint density at radius 3 is 2.30 bits per heavy atom. The molecular weight excluding hydrogens is 590 g/mol. The number of oxazole rings is 1. The fourth-order valence-corrected chi connectivity index (χ4v) is 5.22. The van der Waals surface area contributed by atoms with Gasteiger partial charge in [0.15, 0.2) is 12.1 Å². The Hall–Kier alpha value is -5.72. The first-order chi connectivity index (χ1) is 22.6. The number of amides is 2. The van der Waals surface area contributed by atoms with Crippen molar-refractivity contribution in [3.63, 3.8) is 0 Å². The number of carbonyl (C=O) groups excluding carboxylic acids is 2. The second-order valence-electron chi connectivity index (χ2n) is 10.4. The molecule has 2 amide bonds.